The van der Waals surface area contributed by atoms with Gasteiger partial charge in [-0.2, -0.15) is 0 Å². The van der Waals surface area contributed by atoms with Crippen molar-refractivity contribution in [3.8, 4) is 0 Å². The molecule has 0 saturated heterocycles. The third kappa shape index (κ3) is 2.10. The molecule has 1 heterocycles. The van der Waals surface area contributed by atoms with E-state index in [9.17, 15) is 9.90 Å². The van der Waals surface area contributed by atoms with Gasteiger partial charge in [-0.1, -0.05) is 11.6 Å². The maximum absolute atomic E-state index is 11.5. The number of nitrogens with zero attached hydrogens (tertiary/aromatic N) is 1. The van der Waals surface area contributed by atoms with E-state index in [0.29, 0.717) is 0 Å². The van der Waals surface area contributed by atoms with E-state index in [4.69, 9.17) is 0 Å². The van der Waals surface area contributed by atoms with Crippen LogP contribution in [-0.2, 0) is 4.79 Å². The van der Waals surface area contributed by atoms with Crippen LogP contribution in [-0.4, -0.2) is 20.8 Å². The highest BCUT2D eigenvalue weighted by Gasteiger charge is 2.45. The molecule has 1 aromatic heterocycles. The van der Waals surface area contributed by atoms with Gasteiger partial charge >= 0.3 is 5.97 Å². The van der Waals surface area contributed by atoms with Crippen molar-refractivity contribution in [2.75, 3.05) is 0 Å². The summed E-state index contributed by atoms with van der Waals surface area (Å²) >= 11 is 1.48. The topological polar surface area (TPSA) is 50.2 Å². The number of rotatable bonds is 3. The van der Waals surface area contributed by atoms with Crippen LogP contribution in [0.1, 0.15) is 24.8 Å². The van der Waals surface area contributed by atoms with Gasteiger partial charge in [-0.3, -0.25) is 9.78 Å². The Balaban J connectivity index is 2.05. The molecule has 0 bridgehead atoms. The smallest absolute Gasteiger partial charge is 0.320 e. The van der Waals surface area contributed by atoms with Crippen molar-refractivity contribution in [1.82, 2.24) is 4.98 Å². The summed E-state index contributed by atoms with van der Waals surface area (Å²) in [6, 6.07) is 8.03. The van der Waals surface area contributed by atoms with Crippen molar-refractivity contribution in [3.63, 3.8) is 0 Å². The first-order valence-electron chi connectivity index (χ1n) is 6.38. The van der Waals surface area contributed by atoms with Crippen molar-refractivity contribution in [2.24, 2.45) is 0 Å². The Kier molecular flexibility index (Phi) is 2.97. The average molecular weight is 273 g/mol. The second-order valence-electron chi connectivity index (χ2n) is 5.08. The van der Waals surface area contributed by atoms with Crippen molar-refractivity contribution >= 4 is 28.6 Å². The van der Waals surface area contributed by atoms with Gasteiger partial charge in [0.15, 0.2) is 0 Å². The van der Waals surface area contributed by atoms with E-state index in [1.807, 2.05) is 25.1 Å². The summed E-state index contributed by atoms with van der Waals surface area (Å²) in [6.45, 7) is 2.04. The normalized spacial score (nSPS) is 17.1. The molecule has 1 saturated carbocycles. The number of pyridine rings is 1. The molecule has 1 aromatic carbocycles. The van der Waals surface area contributed by atoms with E-state index < -0.39 is 10.7 Å². The molecule has 0 aliphatic heterocycles. The number of benzene rings is 1. The summed E-state index contributed by atoms with van der Waals surface area (Å²) < 4.78 is -0.627. The lowest BCUT2D eigenvalue weighted by Gasteiger charge is -2.37. The number of carboxylic acids is 1. The molecule has 1 aliphatic rings. The summed E-state index contributed by atoms with van der Waals surface area (Å²) in [4.78, 5) is 16.8. The van der Waals surface area contributed by atoms with Crippen LogP contribution in [0.2, 0.25) is 0 Å². The summed E-state index contributed by atoms with van der Waals surface area (Å²) in [6.07, 6.45) is 4.26. The SMILES string of the molecule is Cc1ccc2nccc(SC3(C(=O)O)CCC3)c2c1. The molecule has 98 valence electrons. The zero-order valence-electron chi connectivity index (χ0n) is 10.7. The van der Waals surface area contributed by atoms with Crippen LogP contribution in [0, 0.1) is 6.92 Å². The van der Waals surface area contributed by atoms with E-state index in [1.165, 1.54) is 17.3 Å². The predicted octanol–water partition coefficient (Wildman–Crippen LogP) is 3.64. The van der Waals surface area contributed by atoms with Gasteiger partial charge in [0.2, 0.25) is 0 Å². The predicted molar refractivity (Wildman–Crippen MR) is 76.6 cm³/mol. The Morgan fingerprint density at radius 2 is 2.16 bits per heavy atom. The number of hydrogen-bond acceptors (Lipinski definition) is 3. The van der Waals surface area contributed by atoms with E-state index in [0.717, 1.165) is 35.1 Å². The first-order valence-corrected chi connectivity index (χ1v) is 7.20. The van der Waals surface area contributed by atoms with E-state index in [-0.39, 0.29) is 0 Å². The number of carbonyl (C=O) groups is 1. The molecule has 1 fully saturated rings. The van der Waals surface area contributed by atoms with Crippen LogP contribution >= 0.6 is 11.8 Å². The molecule has 2 aromatic rings. The van der Waals surface area contributed by atoms with Crippen LogP contribution in [0.3, 0.4) is 0 Å². The van der Waals surface area contributed by atoms with Gasteiger partial charge in [-0.15, -0.1) is 11.8 Å². The van der Waals surface area contributed by atoms with Crippen molar-refractivity contribution < 1.29 is 9.90 Å². The lowest BCUT2D eigenvalue weighted by Crippen LogP contribution is -2.41. The van der Waals surface area contributed by atoms with Gasteiger partial charge in [-0.05, 0) is 44.4 Å². The van der Waals surface area contributed by atoms with Crippen LogP contribution in [0.25, 0.3) is 10.9 Å². The molecular weight excluding hydrogens is 258 g/mol. The number of aromatic nitrogens is 1. The molecule has 1 aliphatic carbocycles. The molecule has 1 N–H and O–H groups in total. The fourth-order valence-electron chi connectivity index (χ4n) is 2.39. The molecule has 0 radical (unpaired) electrons. The lowest BCUT2D eigenvalue weighted by molar-refractivity contribution is -0.142. The Bertz CT molecular complexity index is 650. The monoisotopic (exact) mass is 273 g/mol. The summed E-state index contributed by atoms with van der Waals surface area (Å²) in [5, 5.41) is 10.5. The molecule has 0 amide bonds. The third-order valence-electron chi connectivity index (χ3n) is 3.71. The Morgan fingerprint density at radius 1 is 1.37 bits per heavy atom. The summed E-state index contributed by atoms with van der Waals surface area (Å²) in [5.74, 6) is -0.693. The second-order valence-corrected chi connectivity index (χ2v) is 6.51. The first-order chi connectivity index (χ1) is 9.11. The van der Waals surface area contributed by atoms with Crippen LogP contribution in [0.15, 0.2) is 35.4 Å². The summed E-state index contributed by atoms with van der Waals surface area (Å²) in [5.41, 5.74) is 2.09. The fraction of sp³-hybridized carbons (Fsp3) is 0.333. The van der Waals surface area contributed by atoms with Gasteiger partial charge in [0.1, 0.15) is 4.75 Å². The van der Waals surface area contributed by atoms with Gasteiger partial charge in [-0.25, -0.2) is 0 Å². The third-order valence-corrected chi connectivity index (χ3v) is 5.26. The maximum Gasteiger partial charge on any atom is 0.320 e. The van der Waals surface area contributed by atoms with Gasteiger partial charge in [0, 0.05) is 16.5 Å². The number of carboxylic acid groups (broad SMARTS) is 1. The Hall–Kier alpha value is -1.55. The number of aliphatic carboxylic acids is 1. The second kappa shape index (κ2) is 4.53. The van der Waals surface area contributed by atoms with E-state index in [2.05, 4.69) is 11.1 Å². The van der Waals surface area contributed by atoms with Crippen LogP contribution in [0.5, 0.6) is 0 Å². The molecule has 0 atom stereocenters. The number of hydrogen-bond donors (Lipinski definition) is 1. The minimum absolute atomic E-state index is 0.627. The first kappa shape index (κ1) is 12.5. The highest BCUT2D eigenvalue weighted by atomic mass is 32.2. The zero-order valence-corrected chi connectivity index (χ0v) is 11.5. The van der Waals surface area contributed by atoms with E-state index >= 15 is 0 Å². The van der Waals surface area contributed by atoms with Gasteiger partial charge in [0.25, 0.3) is 0 Å². The molecule has 3 rings (SSSR count). The molecular formula is C15H15NO2S. The van der Waals surface area contributed by atoms with Crippen molar-refractivity contribution in [2.45, 2.75) is 35.8 Å². The zero-order chi connectivity index (χ0) is 13.5. The Labute approximate surface area is 116 Å². The molecule has 3 nitrogen and oxygen atoms in total. The maximum atomic E-state index is 11.5. The standard InChI is InChI=1S/C15H15NO2S/c1-10-3-4-12-11(9-10)13(5-8-16-12)19-15(14(17)18)6-2-7-15/h3-5,8-9H,2,6-7H2,1H3,(H,17,18). The quantitative estimate of drug-likeness (QED) is 0.927. The largest absolute Gasteiger partial charge is 0.480 e. The van der Waals surface area contributed by atoms with Crippen LogP contribution in [0.4, 0.5) is 0 Å². The molecule has 19 heavy (non-hydrogen) atoms. The van der Waals surface area contributed by atoms with Crippen molar-refractivity contribution in [1.29, 1.82) is 0 Å². The number of thioether (sulfide) groups is 1. The number of fused-ring (bicyclic) bond motifs is 1. The average Bonchev–Trinajstić information content (AvgIpc) is 2.33. The number of aryl methyl sites for hydroxylation is 1. The van der Waals surface area contributed by atoms with E-state index in [1.54, 1.807) is 6.20 Å². The lowest BCUT2D eigenvalue weighted by atomic mass is 9.84. The molecule has 4 heteroatoms. The van der Waals surface area contributed by atoms with Crippen LogP contribution < -0.4 is 0 Å². The molecule has 0 spiro atoms. The minimum Gasteiger partial charge on any atom is -0.480 e. The fourth-order valence-corrected chi connectivity index (χ4v) is 3.80. The van der Waals surface area contributed by atoms with Gasteiger partial charge < -0.3 is 5.11 Å². The van der Waals surface area contributed by atoms with Crippen molar-refractivity contribution in [3.05, 3.63) is 36.0 Å². The molecule has 0 unspecified atom stereocenters. The Morgan fingerprint density at radius 3 is 2.79 bits per heavy atom. The highest BCUT2D eigenvalue weighted by molar-refractivity contribution is 8.01. The summed E-state index contributed by atoms with van der Waals surface area (Å²) in [7, 11) is 0. The minimum atomic E-state index is -0.693. The van der Waals surface area contributed by atoms with Gasteiger partial charge in [0.05, 0.1) is 5.52 Å². The highest BCUT2D eigenvalue weighted by Crippen LogP contribution is 2.49.